The van der Waals surface area contributed by atoms with Crippen LogP contribution in [0.25, 0.3) is 6.08 Å². The second-order valence-electron chi connectivity index (χ2n) is 5.99. The first kappa shape index (κ1) is 21.0. The summed E-state index contributed by atoms with van der Waals surface area (Å²) in [4.78, 5) is 23.6. The molecule has 28 heavy (non-hydrogen) atoms. The Bertz CT molecular complexity index is 817. The van der Waals surface area contributed by atoms with E-state index in [2.05, 4.69) is 5.32 Å². The fourth-order valence-electron chi connectivity index (χ4n) is 2.61. The smallest absolute Gasteiger partial charge is 0.326 e. The van der Waals surface area contributed by atoms with Crippen molar-refractivity contribution in [3.63, 3.8) is 0 Å². The highest BCUT2D eigenvalue weighted by atomic mass is 16.5. The molecule has 0 aliphatic carbocycles. The molecule has 0 heterocycles. The van der Waals surface area contributed by atoms with Gasteiger partial charge < -0.3 is 19.9 Å². The van der Waals surface area contributed by atoms with Crippen molar-refractivity contribution >= 4 is 18.0 Å². The van der Waals surface area contributed by atoms with E-state index in [9.17, 15) is 14.7 Å². The molecule has 1 amide bonds. The highest BCUT2D eigenvalue weighted by Crippen LogP contribution is 2.29. The predicted molar refractivity (Wildman–Crippen MR) is 108 cm³/mol. The van der Waals surface area contributed by atoms with Crippen LogP contribution in [0.5, 0.6) is 11.5 Å². The molecule has 6 heteroatoms. The predicted octanol–water partition coefficient (Wildman–Crippen LogP) is 3.31. The summed E-state index contributed by atoms with van der Waals surface area (Å²) in [6.07, 6.45) is 3.13. The van der Waals surface area contributed by atoms with E-state index in [4.69, 9.17) is 9.47 Å². The molecule has 0 radical (unpaired) electrons. The molecule has 2 rings (SSSR count). The summed E-state index contributed by atoms with van der Waals surface area (Å²) in [6.45, 7) is 4.79. The first-order valence-electron chi connectivity index (χ1n) is 9.18. The van der Waals surface area contributed by atoms with E-state index in [0.29, 0.717) is 24.7 Å². The van der Waals surface area contributed by atoms with Crippen LogP contribution < -0.4 is 14.8 Å². The van der Waals surface area contributed by atoms with Gasteiger partial charge in [-0.05, 0) is 43.2 Å². The van der Waals surface area contributed by atoms with E-state index in [1.165, 1.54) is 6.08 Å². The van der Waals surface area contributed by atoms with E-state index in [1.54, 1.807) is 24.3 Å². The number of benzene rings is 2. The van der Waals surface area contributed by atoms with Crippen LogP contribution in [0.4, 0.5) is 0 Å². The molecular weight excluding hydrogens is 358 g/mol. The molecule has 0 saturated carbocycles. The van der Waals surface area contributed by atoms with Gasteiger partial charge in [-0.15, -0.1) is 0 Å². The van der Waals surface area contributed by atoms with Crippen molar-refractivity contribution in [1.82, 2.24) is 5.32 Å². The van der Waals surface area contributed by atoms with Gasteiger partial charge in [-0.3, -0.25) is 4.79 Å². The molecule has 2 aromatic rings. The van der Waals surface area contributed by atoms with E-state index < -0.39 is 17.9 Å². The first-order valence-corrected chi connectivity index (χ1v) is 9.18. The third-order valence-corrected chi connectivity index (χ3v) is 3.89. The largest absolute Gasteiger partial charge is 0.490 e. The number of carbonyl (C=O) groups is 2. The van der Waals surface area contributed by atoms with Crippen LogP contribution >= 0.6 is 0 Å². The Kier molecular flexibility index (Phi) is 8.09. The van der Waals surface area contributed by atoms with Crippen molar-refractivity contribution in [2.24, 2.45) is 0 Å². The SMILES string of the molecule is CCOc1ccc(/C=C/C(=O)N[C@H](Cc2ccccc2)C(=O)O)cc1OCC. The molecule has 0 aliphatic heterocycles. The summed E-state index contributed by atoms with van der Waals surface area (Å²) in [5.41, 5.74) is 1.59. The van der Waals surface area contributed by atoms with Gasteiger partial charge in [-0.1, -0.05) is 36.4 Å². The molecule has 0 aliphatic rings. The number of amides is 1. The Hall–Kier alpha value is -3.28. The number of nitrogens with one attached hydrogen (secondary N) is 1. The number of carboxylic acid groups (broad SMARTS) is 1. The summed E-state index contributed by atoms with van der Waals surface area (Å²) < 4.78 is 11.1. The summed E-state index contributed by atoms with van der Waals surface area (Å²) in [7, 11) is 0. The van der Waals surface area contributed by atoms with Gasteiger partial charge in [0.2, 0.25) is 5.91 Å². The quantitative estimate of drug-likeness (QED) is 0.615. The maximum atomic E-state index is 12.2. The van der Waals surface area contributed by atoms with Crippen molar-refractivity contribution in [2.45, 2.75) is 26.3 Å². The lowest BCUT2D eigenvalue weighted by Crippen LogP contribution is -2.41. The van der Waals surface area contributed by atoms with Crippen molar-refractivity contribution < 1.29 is 24.2 Å². The van der Waals surface area contributed by atoms with E-state index in [0.717, 1.165) is 11.1 Å². The second-order valence-corrected chi connectivity index (χ2v) is 5.99. The lowest BCUT2D eigenvalue weighted by atomic mass is 10.1. The lowest BCUT2D eigenvalue weighted by Gasteiger charge is -2.13. The molecule has 0 bridgehead atoms. The average molecular weight is 383 g/mol. The fraction of sp³-hybridized carbons (Fsp3) is 0.273. The molecule has 0 unspecified atom stereocenters. The number of hydrogen-bond donors (Lipinski definition) is 2. The standard InChI is InChI=1S/C22H25NO5/c1-3-27-19-12-10-17(15-20(19)28-4-2)11-13-21(24)23-18(22(25)26)14-16-8-6-5-7-9-16/h5-13,15,18H,3-4,14H2,1-2H3,(H,23,24)(H,25,26)/b13-11+/t18-/m1/s1. The molecule has 0 fully saturated rings. The average Bonchev–Trinajstić information content (AvgIpc) is 2.68. The zero-order valence-electron chi connectivity index (χ0n) is 16.1. The normalized spacial score (nSPS) is 11.8. The van der Waals surface area contributed by atoms with Crippen LogP contribution in [0.15, 0.2) is 54.6 Å². The zero-order valence-corrected chi connectivity index (χ0v) is 16.1. The Morgan fingerprint density at radius 2 is 1.71 bits per heavy atom. The number of rotatable bonds is 10. The zero-order chi connectivity index (χ0) is 20.4. The fourth-order valence-corrected chi connectivity index (χ4v) is 2.61. The summed E-state index contributed by atoms with van der Waals surface area (Å²) >= 11 is 0. The van der Waals surface area contributed by atoms with E-state index in [1.807, 2.05) is 44.2 Å². The summed E-state index contributed by atoms with van der Waals surface area (Å²) in [5, 5.41) is 11.9. The molecule has 1 atom stereocenters. The van der Waals surface area contributed by atoms with Crippen molar-refractivity contribution in [2.75, 3.05) is 13.2 Å². The number of ether oxygens (including phenoxy) is 2. The van der Waals surface area contributed by atoms with Gasteiger partial charge in [0, 0.05) is 12.5 Å². The lowest BCUT2D eigenvalue weighted by molar-refractivity contribution is -0.141. The van der Waals surface area contributed by atoms with Crippen LogP contribution in [0.2, 0.25) is 0 Å². The maximum Gasteiger partial charge on any atom is 0.326 e. The Morgan fingerprint density at radius 3 is 2.36 bits per heavy atom. The van der Waals surface area contributed by atoms with Crippen LogP contribution in [0.1, 0.15) is 25.0 Å². The van der Waals surface area contributed by atoms with Crippen LogP contribution in [0.3, 0.4) is 0 Å². The first-order chi connectivity index (χ1) is 13.5. The number of carboxylic acids is 1. The second kappa shape index (κ2) is 10.8. The highest BCUT2D eigenvalue weighted by Gasteiger charge is 2.19. The third-order valence-electron chi connectivity index (χ3n) is 3.89. The van der Waals surface area contributed by atoms with Crippen molar-refractivity contribution in [1.29, 1.82) is 0 Å². The number of aliphatic carboxylic acids is 1. The van der Waals surface area contributed by atoms with E-state index in [-0.39, 0.29) is 6.42 Å². The van der Waals surface area contributed by atoms with Crippen LogP contribution in [-0.4, -0.2) is 36.2 Å². The summed E-state index contributed by atoms with van der Waals surface area (Å²) in [6, 6.07) is 13.5. The number of carbonyl (C=O) groups excluding carboxylic acids is 1. The van der Waals surface area contributed by atoms with Gasteiger partial charge in [0.05, 0.1) is 13.2 Å². The van der Waals surface area contributed by atoms with E-state index >= 15 is 0 Å². The maximum absolute atomic E-state index is 12.2. The molecule has 2 N–H and O–H groups in total. The Balaban J connectivity index is 2.04. The molecule has 0 saturated heterocycles. The minimum atomic E-state index is -1.08. The molecule has 2 aromatic carbocycles. The topological polar surface area (TPSA) is 84.9 Å². The van der Waals surface area contributed by atoms with Gasteiger partial charge in [0.1, 0.15) is 6.04 Å². The van der Waals surface area contributed by atoms with Gasteiger partial charge in [0.25, 0.3) is 0 Å². The van der Waals surface area contributed by atoms with Gasteiger partial charge in [-0.2, -0.15) is 0 Å². The minimum Gasteiger partial charge on any atom is -0.490 e. The van der Waals surface area contributed by atoms with Gasteiger partial charge >= 0.3 is 5.97 Å². The monoisotopic (exact) mass is 383 g/mol. The van der Waals surface area contributed by atoms with Crippen molar-refractivity contribution in [3.8, 4) is 11.5 Å². The van der Waals surface area contributed by atoms with Crippen LogP contribution in [-0.2, 0) is 16.0 Å². The van der Waals surface area contributed by atoms with Crippen LogP contribution in [0, 0.1) is 0 Å². The molecule has 6 nitrogen and oxygen atoms in total. The Morgan fingerprint density at radius 1 is 1.04 bits per heavy atom. The van der Waals surface area contributed by atoms with Gasteiger partial charge in [-0.25, -0.2) is 4.79 Å². The van der Waals surface area contributed by atoms with Crippen molar-refractivity contribution in [3.05, 3.63) is 65.7 Å². The number of hydrogen-bond acceptors (Lipinski definition) is 4. The molecule has 148 valence electrons. The minimum absolute atomic E-state index is 0.216. The van der Waals surface area contributed by atoms with Gasteiger partial charge in [0.15, 0.2) is 11.5 Å². The molecular formula is C22H25NO5. The highest BCUT2D eigenvalue weighted by molar-refractivity contribution is 5.94. The third kappa shape index (κ3) is 6.46. The Labute approximate surface area is 164 Å². The molecule has 0 aromatic heterocycles. The molecule has 0 spiro atoms. The summed E-state index contributed by atoms with van der Waals surface area (Å²) in [5.74, 6) is -0.320.